The monoisotopic (exact) mass is 322 g/mol. The highest BCUT2D eigenvalue weighted by Gasteiger charge is 2.15. The summed E-state index contributed by atoms with van der Waals surface area (Å²) in [5.74, 6) is 0.684. The molecule has 2 amide bonds. The van der Waals surface area contributed by atoms with Crippen LogP contribution in [0.15, 0.2) is 29.2 Å². The summed E-state index contributed by atoms with van der Waals surface area (Å²) in [6, 6.07) is 8.31. The highest BCUT2D eigenvalue weighted by molar-refractivity contribution is 7.98. The zero-order valence-electron chi connectivity index (χ0n) is 13.5. The molecule has 2 rings (SSSR count). The number of thioether (sulfide) groups is 1. The van der Waals surface area contributed by atoms with E-state index in [4.69, 9.17) is 4.74 Å². The van der Waals surface area contributed by atoms with E-state index in [1.165, 1.54) is 11.3 Å². The number of carbonyl (C=O) groups is 1. The van der Waals surface area contributed by atoms with E-state index in [9.17, 15) is 4.79 Å². The van der Waals surface area contributed by atoms with Crippen LogP contribution in [0.3, 0.4) is 0 Å². The van der Waals surface area contributed by atoms with Gasteiger partial charge in [-0.15, -0.1) is 11.8 Å². The van der Waals surface area contributed by atoms with Crippen molar-refractivity contribution in [3.8, 4) is 0 Å². The minimum absolute atomic E-state index is 0.00257. The number of nitrogens with one attached hydrogen (secondary N) is 1. The normalized spacial score (nSPS) is 17.5. The summed E-state index contributed by atoms with van der Waals surface area (Å²) in [5.41, 5.74) is 1.16. The van der Waals surface area contributed by atoms with Crippen molar-refractivity contribution in [2.24, 2.45) is 5.92 Å². The standard InChI is InChI=1S/C17H26N2O2S/c1-19(12-15-5-3-7-16(11-15)22-2)17(20)18-9-4-6-14-8-10-21-13-14/h3,5,7,11,14H,4,6,8-10,12-13H2,1-2H3,(H,18,20). The molecule has 0 bridgehead atoms. The van der Waals surface area contributed by atoms with E-state index >= 15 is 0 Å². The molecule has 1 fully saturated rings. The summed E-state index contributed by atoms with van der Waals surface area (Å²) in [7, 11) is 1.84. The van der Waals surface area contributed by atoms with Gasteiger partial charge in [0, 0.05) is 38.2 Å². The largest absolute Gasteiger partial charge is 0.381 e. The Kier molecular flexibility index (Phi) is 7.06. The zero-order valence-corrected chi connectivity index (χ0v) is 14.3. The Morgan fingerprint density at radius 3 is 3.09 bits per heavy atom. The number of hydrogen-bond acceptors (Lipinski definition) is 3. The van der Waals surface area contributed by atoms with Gasteiger partial charge in [-0.05, 0) is 49.1 Å². The Morgan fingerprint density at radius 2 is 2.36 bits per heavy atom. The summed E-state index contributed by atoms with van der Waals surface area (Å²) in [6.07, 6.45) is 5.39. The van der Waals surface area contributed by atoms with Gasteiger partial charge in [0.05, 0.1) is 0 Å². The smallest absolute Gasteiger partial charge is 0.317 e. The Bertz CT molecular complexity index is 475. The number of hydrogen-bond donors (Lipinski definition) is 1. The number of rotatable bonds is 7. The van der Waals surface area contributed by atoms with Crippen LogP contribution >= 0.6 is 11.8 Å². The Hall–Kier alpha value is -1.20. The molecular formula is C17H26N2O2S. The van der Waals surface area contributed by atoms with Gasteiger partial charge in [-0.2, -0.15) is 0 Å². The number of carbonyl (C=O) groups excluding carboxylic acids is 1. The van der Waals surface area contributed by atoms with Crippen LogP contribution in [0.25, 0.3) is 0 Å². The molecule has 1 aromatic carbocycles. The molecule has 1 aliphatic rings. The summed E-state index contributed by atoms with van der Waals surface area (Å²) in [4.78, 5) is 15.0. The topological polar surface area (TPSA) is 41.6 Å². The third-order valence-corrected chi connectivity index (χ3v) is 4.72. The molecule has 4 nitrogen and oxygen atoms in total. The first-order valence-electron chi connectivity index (χ1n) is 7.88. The van der Waals surface area contributed by atoms with Crippen molar-refractivity contribution >= 4 is 17.8 Å². The molecule has 1 aliphatic heterocycles. The predicted octanol–water partition coefficient (Wildman–Crippen LogP) is 3.37. The quantitative estimate of drug-likeness (QED) is 0.618. The maximum atomic E-state index is 12.1. The predicted molar refractivity (Wildman–Crippen MR) is 91.2 cm³/mol. The lowest BCUT2D eigenvalue weighted by atomic mass is 10.0. The molecule has 1 N–H and O–H groups in total. The van der Waals surface area contributed by atoms with Crippen molar-refractivity contribution in [2.45, 2.75) is 30.7 Å². The van der Waals surface area contributed by atoms with E-state index in [2.05, 4.69) is 29.8 Å². The molecule has 0 radical (unpaired) electrons. The summed E-state index contributed by atoms with van der Waals surface area (Å²) in [5, 5.41) is 3.00. The first-order chi connectivity index (χ1) is 10.7. The zero-order chi connectivity index (χ0) is 15.8. The van der Waals surface area contributed by atoms with Crippen molar-refractivity contribution in [3.05, 3.63) is 29.8 Å². The fourth-order valence-corrected chi connectivity index (χ4v) is 3.13. The molecule has 1 unspecified atom stereocenters. The first kappa shape index (κ1) is 17.2. The summed E-state index contributed by atoms with van der Waals surface area (Å²) >= 11 is 1.72. The van der Waals surface area contributed by atoms with Crippen LogP contribution < -0.4 is 5.32 Å². The Labute approximate surface area is 137 Å². The fourth-order valence-electron chi connectivity index (χ4n) is 2.65. The van der Waals surface area contributed by atoms with Crippen molar-refractivity contribution in [2.75, 3.05) is 33.1 Å². The average molecular weight is 322 g/mol. The molecule has 122 valence electrons. The third kappa shape index (κ3) is 5.54. The van der Waals surface area contributed by atoms with Gasteiger partial charge in [-0.1, -0.05) is 12.1 Å². The molecule has 0 aliphatic carbocycles. The molecule has 5 heteroatoms. The van der Waals surface area contributed by atoms with Gasteiger partial charge in [0.2, 0.25) is 0 Å². The Morgan fingerprint density at radius 1 is 1.50 bits per heavy atom. The molecule has 1 heterocycles. The number of amides is 2. The van der Waals surface area contributed by atoms with Crippen molar-refractivity contribution in [1.29, 1.82) is 0 Å². The van der Waals surface area contributed by atoms with Gasteiger partial charge in [-0.25, -0.2) is 4.79 Å². The van der Waals surface area contributed by atoms with E-state index in [1.807, 2.05) is 13.1 Å². The molecule has 0 aromatic heterocycles. The Balaban J connectivity index is 1.67. The van der Waals surface area contributed by atoms with Crippen LogP contribution in [0.1, 0.15) is 24.8 Å². The number of urea groups is 1. The van der Waals surface area contributed by atoms with Crippen LogP contribution in [-0.4, -0.2) is 44.0 Å². The van der Waals surface area contributed by atoms with Crippen LogP contribution in [0, 0.1) is 5.92 Å². The van der Waals surface area contributed by atoms with Crippen LogP contribution in [0.2, 0.25) is 0 Å². The van der Waals surface area contributed by atoms with E-state index in [-0.39, 0.29) is 6.03 Å². The van der Waals surface area contributed by atoms with Gasteiger partial charge in [-0.3, -0.25) is 0 Å². The maximum absolute atomic E-state index is 12.1. The lowest BCUT2D eigenvalue weighted by Gasteiger charge is -2.18. The molecule has 1 aromatic rings. The molecule has 1 saturated heterocycles. The molecule has 22 heavy (non-hydrogen) atoms. The molecule has 0 saturated carbocycles. The SMILES string of the molecule is CSc1cccc(CN(C)C(=O)NCCCC2CCOC2)c1. The van der Waals surface area contributed by atoms with Gasteiger partial charge < -0.3 is 15.0 Å². The second-order valence-electron chi connectivity index (χ2n) is 5.81. The highest BCUT2D eigenvalue weighted by atomic mass is 32.2. The lowest BCUT2D eigenvalue weighted by Crippen LogP contribution is -2.37. The second kappa shape index (κ2) is 9.06. The molecule has 1 atom stereocenters. The maximum Gasteiger partial charge on any atom is 0.317 e. The van der Waals surface area contributed by atoms with E-state index in [1.54, 1.807) is 16.7 Å². The van der Waals surface area contributed by atoms with Crippen LogP contribution in [0.4, 0.5) is 4.79 Å². The van der Waals surface area contributed by atoms with Gasteiger partial charge in [0.15, 0.2) is 0 Å². The van der Waals surface area contributed by atoms with Gasteiger partial charge >= 0.3 is 6.03 Å². The van der Waals surface area contributed by atoms with Gasteiger partial charge in [0.25, 0.3) is 0 Å². The average Bonchev–Trinajstić information content (AvgIpc) is 3.04. The minimum Gasteiger partial charge on any atom is -0.381 e. The van der Waals surface area contributed by atoms with E-state index in [0.717, 1.165) is 38.2 Å². The summed E-state index contributed by atoms with van der Waals surface area (Å²) < 4.78 is 5.36. The van der Waals surface area contributed by atoms with Crippen molar-refractivity contribution < 1.29 is 9.53 Å². The molecular weight excluding hydrogens is 296 g/mol. The first-order valence-corrected chi connectivity index (χ1v) is 9.11. The lowest BCUT2D eigenvalue weighted by molar-refractivity contribution is 0.183. The second-order valence-corrected chi connectivity index (χ2v) is 6.69. The van der Waals surface area contributed by atoms with Gasteiger partial charge in [0.1, 0.15) is 0 Å². The number of ether oxygens (including phenoxy) is 1. The van der Waals surface area contributed by atoms with E-state index < -0.39 is 0 Å². The van der Waals surface area contributed by atoms with Crippen LogP contribution in [0.5, 0.6) is 0 Å². The van der Waals surface area contributed by atoms with E-state index in [0.29, 0.717) is 12.5 Å². The minimum atomic E-state index is -0.00257. The number of benzene rings is 1. The fraction of sp³-hybridized carbons (Fsp3) is 0.588. The van der Waals surface area contributed by atoms with Crippen LogP contribution in [-0.2, 0) is 11.3 Å². The molecule has 0 spiro atoms. The van der Waals surface area contributed by atoms with Crippen molar-refractivity contribution in [3.63, 3.8) is 0 Å². The summed E-state index contributed by atoms with van der Waals surface area (Å²) in [6.45, 7) is 3.16. The highest BCUT2D eigenvalue weighted by Crippen LogP contribution is 2.18. The number of nitrogens with zero attached hydrogens (tertiary/aromatic N) is 1. The third-order valence-electron chi connectivity index (χ3n) is 3.99. The van der Waals surface area contributed by atoms with Crippen molar-refractivity contribution in [1.82, 2.24) is 10.2 Å².